The van der Waals surface area contributed by atoms with Crippen molar-refractivity contribution in [3.8, 4) is 0 Å². The topological polar surface area (TPSA) is 92.3 Å². The van der Waals surface area contributed by atoms with E-state index in [4.69, 9.17) is 23.7 Å². The number of ether oxygens (including phenoxy) is 5. The average Bonchev–Trinajstić information content (AvgIpc) is 3.12. The fraction of sp³-hybridized carbons (Fsp3) is 0.316. The van der Waals surface area contributed by atoms with Crippen molar-refractivity contribution < 1.29 is 33.3 Å². The molecule has 1 amide bonds. The van der Waals surface area contributed by atoms with E-state index in [0.29, 0.717) is 13.2 Å². The van der Waals surface area contributed by atoms with Gasteiger partial charge in [-0.05, 0) is 28.8 Å². The predicted octanol–water partition coefficient (Wildman–Crippen LogP) is 6.33. The molecule has 4 aromatic carbocycles. The molecule has 1 heterocycles. The second-order valence-electron chi connectivity index (χ2n) is 11.1. The fourth-order valence-corrected chi connectivity index (χ4v) is 6.35. The van der Waals surface area contributed by atoms with E-state index in [-0.39, 0.29) is 32.0 Å². The fourth-order valence-electron chi connectivity index (χ4n) is 5.20. The molecule has 0 spiro atoms. The van der Waals surface area contributed by atoms with Gasteiger partial charge < -0.3 is 29.0 Å². The summed E-state index contributed by atoms with van der Waals surface area (Å²) in [6.07, 6.45) is -2.99. The number of rotatable bonds is 16. The van der Waals surface area contributed by atoms with Crippen molar-refractivity contribution in [2.24, 2.45) is 0 Å². The van der Waals surface area contributed by atoms with E-state index < -0.39 is 35.8 Å². The lowest BCUT2D eigenvalue weighted by molar-refractivity contribution is -0.249. The zero-order valence-electron chi connectivity index (χ0n) is 26.4. The minimum atomic E-state index is -0.875. The third kappa shape index (κ3) is 10.8. The quantitative estimate of drug-likeness (QED) is 0.140. The number of carbonyl (C=O) groups is 2. The first-order chi connectivity index (χ1) is 23.1. The highest BCUT2D eigenvalue weighted by atomic mass is 32.2. The van der Waals surface area contributed by atoms with E-state index in [1.165, 1.54) is 18.8 Å². The molecule has 8 nitrogen and oxygen atoms in total. The third-order valence-corrected chi connectivity index (χ3v) is 8.81. The lowest BCUT2D eigenvalue weighted by Crippen LogP contribution is -2.60. The van der Waals surface area contributed by atoms with Crippen LogP contribution >= 0.6 is 11.8 Å². The van der Waals surface area contributed by atoms with Crippen molar-refractivity contribution in [2.75, 3.05) is 13.7 Å². The van der Waals surface area contributed by atoms with E-state index in [0.717, 1.165) is 21.6 Å². The van der Waals surface area contributed by atoms with Crippen molar-refractivity contribution in [3.63, 3.8) is 0 Å². The molecule has 0 bridgehead atoms. The highest BCUT2D eigenvalue weighted by Crippen LogP contribution is 2.38. The summed E-state index contributed by atoms with van der Waals surface area (Å²) < 4.78 is 32.4. The Morgan fingerprint density at radius 3 is 1.72 bits per heavy atom. The van der Waals surface area contributed by atoms with E-state index in [9.17, 15) is 9.59 Å². The summed E-state index contributed by atoms with van der Waals surface area (Å²) in [4.78, 5) is 26.2. The molecule has 1 aliphatic heterocycles. The Morgan fingerprint density at radius 1 is 0.660 bits per heavy atom. The first-order valence-corrected chi connectivity index (χ1v) is 16.7. The summed E-state index contributed by atoms with van der Waals surface area (Å²) in [7, 11) is 1.54. The zero-order chi connectivity index (χ0) is 32.7. The van der Waals surface area contributed by atoms with Crippen LogP contribution in [0.15, 0.2) is 126 Å². The standard InChI is InChI=1S/C38H41NO7S/c1-39-33(40)22-23-34(41)46-35-32(27-42-24-28-14-6-2-7-15-28)45-38(47-31-20-12-5-13-21-31)37(44-26-30-18-10-4-11-19-30)36(35)43-25-29-16-8-3-9-17-29/h2-21,32,35-38H,22-27H2,1H3,(H,39,40)/t32?,35-,36-,37?,38-/m0/s1. The van der Waals surface area contributed by atoms with Crippen LogP contribution in [-0.2, 0) is 53.1 Å². The Kier molecular flexibility index (Phi) is 13.4. The van der Waals surface area contributed by atoms with Crippen LogP contribution in [0, 0.1) is 0 Å². The molecule has 2 unspecified atom stereocenters. The van der Waals surface area contributed by atoms with Crippen LogP contribution in [0.1, 0.15) is 29.5 Å². The highest BCUT2D eigenvalue weighted by Gasteiger charge is 2.50. The number of hydrogen-bond acceptors (Lipinski definition) is 8. The molecule has 1 fully saturated rings. The smallest absolute Gasteiger partial charge is 0.306 e. The number of benzene rings is 4. The predicted molar refractivity (Wildman–Crippen MR) is 180 cm³/mol. The van der Waals surface area contributed by atoms with Gasteiger partial charge in [-0.15, -0.1) is 0 Å². The number of hydrogen-bond donors (Lipinski definition) is 1. The molecule has 5 rings (SSSR count). The molecule has 4 aromatic rings. The van der Waals surface area contributed by atoms with Crippen LogP contribution in [0.3, 0.4) is 0 Å². The van der Waals surface area contributed by atoms with Gasteiger partial charge >= 0.3 is 5.97 Å². The summed E-state index contributed by atoms with van der Waals surface area (Å²) in [5, 5.41) is 2.55. The number of nitrogens with one attached hydrogen (secondary N) is 1. The molecule has 246 valence electrons. The molecule has 9 heteroatoms. The van der Waals surface area contributed by atoms with Crippen molar-refractivity contribution in [3.05, 3.63) is 138 Å². The van der Waals surface area contributed by atoms with E-state index in [2.05, 4.69) is 5.32 Å². The first-order valence-electron chi connectivity index (χ1n) is 15.8. The minimum Gasteiger partial charge on any atom is -0.457 e. The zero-order valence-corrected chi connectivity index (χ0v) is 27.3. The molecular formula is C38H41NO7S. The van der Waals surface area contributed by atoms with Gasteiger partial charge in [-0.2, -0.15) is 0 Å². The maximum absolute atomic E-state index is 13.3. The van der Waals surface area contributed by atoms with Crippen molar-refractivity contribution in [1.82, 2.24) is 5.32 Å². The van der Waals surface area contributed by atoms with Gasteiger partial charge in [0.2, 0.25) is 5.91 Å². The highest BCUT2D eigenvalue weighted by molar-refractivity contribution is 7.99. The van der Waals surface area contributed by atoms with Gasteiger partial charge in [-0.1, -0.05) is 121 Å². The van der Waals surface area contributed by atoms with Gasteiger partial charge in [0.1, 0.15) is 23.7 Å². The summed E-state index contributed by atoms with van der Waals surface area (Å²) in [6.45, 7) is 1.07. The molecular weight excluding hydrogens is 614 g/mol. The van der Waals surface area contributed by atoms with Gasteiger partial charge in [0.05, 0.1) is 32.8 Å². The molecule has 1 saturated heterocycles. The Bertz CT molecular complexity index is 1490. The molecule has 0 aromatic heterocycles. The van der Waals surface area contributed by atoms with Gasteiger partial charge in [0, 0.05) is 18.4 Å². The van der Waals surface area contributed by atoms with Gasteiger partial charge in [-0.3, -0.25) is 9.59 Å². The number of esters is 1. The van der Waals surface area contributed by atoms with E-state index >= 15 is 0 Å². The summed E-state index contributed by atoms with van der Waals surface area (Å²) in [5.74, 6) is -0.774. The van der Waals surface area contributed by atoms with Crippen LogP contribution < -0.4 is 5.32 Å². The monoisotopic (exact) mass is 655 g/mol. The van der Waals surface area contributed by atoms with Gasteiger partial charge in [0.25, 0.3) is 0 Å². The van der Waals surface area contributed by atoms with Crippen LogP contribution in [0.25, 0.3) is 0 Å². The van der Waals surface area contributed by atoms with Crippen molar-refractivity contribution in [2.45, 2.75) is 67.4 Å². The summed E-state index contributed by atoms with van der Waals surface area (Å²) in [6, 6.07) is 39.5. The maximum Gasteiger partial charge on any atom is 0.306 e. The van der Waals surface area contributed by atoms with E-state index in [1.54, 1.807) is 0 Å². The summed E-state index contributed by atoms with van der Waals surface area (Å²) >= 11 is 1.53. The molecule has 47 heavy (non-hydrogen) atoms. The van der Waals surface area contributed by atoms with Crippen LogP contribution in [0.5, 0.6) is 0 Å². The van der Waals surface area contributed by atoms with Gasteiger partial charge in [-0.25, -0.2) is 0 Å². The maximum atomic E-state index is 13.3. The third-order valence-electron chi connectivity index (χ3n) is 7.65. The van der Waals surface area contributed by atoms with Crippen LogP contribution in [0.4, 0.5) is 0 Å². The van der Waals surface area contributed by atoms with Gasteiger partial charge in [0.15, 0.2) is 6.10 Å². The van der Waals surface area contributed by atoms with Crippen molar-refractivity contribution in [1.29, 1.82) is 0 Å². The number of thioether (sulfide) groups is 1. The Hall–Kier alpha value is -3.99. The number of carbonyl (C=O) groups excluding carboxylic acids is 2. The average molecular weight is 656 g/mol. The normalized spacial score (nSPS) is 20.7. The minimum absolute atomic E-state index is 0.00798. The van der Waals surface area contributed by atoms with Crippen LogP contribution in [0.2, 0.25) is 0 Å². The Balaban J connectivity index is 1.46. The molecule has 5 atom stereocenters. The Morgan fingerprint density at radius 2 is 1.17 bits per heavy atom. The molecule has 0 aliphatic carbocycles. The first kappa shape index (κ1) is 34.3. The number of amides is 1. The second kappa shape index (κ2) is 18.4. The second-order valence-corrected chi connectivity index (χ2v) is 12.3. The Labute approximate surface area is 280 Å². The molecule has 1 aliphatic rings. The van der Waals surface area contributed by atoms with Crippen LogP contribution in [-0.4, -0.2) is 55.4 Å². The molecule has 0 saturated carbocycles. The van der Waals surface area contributed by atoms with Crippen molar-refractivity contribution >= 4 is 23.6 Å². The SMILES string of the molecule is CNC(=O)CCC(=O)O[C@H]1C(COCc2ccccc2)O[C@@H](Sc2ccccc2)C(OCc2ccccc2)[C@H]1OCc1ccccc1. The lowest BCUT2D eigenvalue weighted by atomic mass is 9.98. The summed E-state index contributed by atoms with van der Waals surface area (Å²) in [5.41, 5.74) is 2.45. The lowest BCUT2D eigenvalue weighted by Gasteiger charge is -2.45. The molecule has 1 N–H and O–H groups in total. The van der Waals surface area contributed by atoms with E-state index in [1.807, 2.05) is 121 Å². The molecule has 0 radical (unpaired) electrons. The largest absolute Gasteiger partial charge is 0.457 e.